The summed E-state index contributed by atoms with van der Waals surface area (Å²) in [5, 5.41) is 4.99. The maximum atomic E-state index is 3.45. The molecule has 0 saturated carbocycles. The first-order chi connectivity index (χ1) is 6.13. The molecule has 0 aliphatic rings. The van der Waals surface area contributed by atoms with Crippen LogP contribution in [0.2, 0.25) is 0 Å². The number of nitrogens with one attached hydrogen (secondary N) is 1. The lowest BCUT2D eigenvalue weighted by atomic mass is 10.6. The number of hydrogen-bond donors (Lipinski definition) is 1. The lowest BCUT2D eigenvalue weighted by Gasteiger charge is -2.07. The minimum atomic E-state index is 0.770. The third-order valence-electron chi connectivity index (χ3n) is 1.46. The van der Waals surface area contributed by atoms with E-state index in [9.17, 15) is 0 Å². The summed E-state index contributed by atoms with van der Waals surface area (Å²) < 4.78 is 0. The highest BCUT2D eigenvalue weighted by Gasteiger charge is 1.95. The summed E-state index contributed by atoms with van der Waals surface area (Å²) in [6.07, 6.45) is 0. The summed E-state index contributed by atoms with van der Waals surface area (Å²) in [7, 11) is 0. The van der Waals surface area contributed by atoms with Crippen molar-refractivity contribution in [1.29, 1.82) is 0 Å². The zero-order chi connectivity index (χ0) is 10.1. The molecule has 0 aromatic carbocycles. The van der Waals surface area contributed by atoms with Crippen LogP contribution in [-0.4, -0.2) is 35.1 Å². The highest BCUT2D eigenvalue weighted by Crippen LogP contribution is 2.08. The van der Waals surface area contributed by atoms with Crippen LogP contribution < -0.4 is 5.32 Å². The second-order valence-corrected chi connectivity index (χ2v) is 6.96. The van der Waals surface area contributed by atoms with E-state index in [4.69, 9.17) is 0 Å². The van der Waals surface area contributed by atoms with Crippen molar-refractivity contribution in [3.8, 4) is 0 Å². The van der Waals surface area contributed by atoms with E-state index in [-0.39, 0.29) is 0 Å². The molecule has 0 aromatic heterocycles. The van der Waals surface area contributed by atoms with Gasteiger partial charge in [-0.1, -0.05) is 27.7 Å². The van der Waals surface area contributed by atoms with Crippen LogP contribution in [0.4, 0.5) is 0 Å². The molecule has 0 bridgehead atoms. The molecule has 3 heteroatoms. The average molecular weight is 221 g/mol. The van der Waals surface area contributed by atoms with E-state index in [0.717, 1.165) is 23.6 Å². The van der Waals surface area contributed by atoms with Crippen molar-refractivity contribution in [1.82, 2.24) is 5.32 Å². The lowest BCUT2D eigenvalue weighted by Crippen LogP contribution is -2.21. The summed E-state index contributed by atoms with van der Waals surface area (Å²) in [5.74, 6) is 2.48. The fourth-order valence-corrected chi connectivity index (χ4v) is 2.33. The van der Waals surface area contributed by atoms with E-state index in [0.29, 0.717) is 0 Å². The van der Waals surface area contributed by atoms with Gasteiger partial charge < -0.3 is 5.32 Å². The molecule has 0 heterocycles. The van der Waals surface area contributed by atoms with Gasteiger partial charge >= 0.3 is 0 Å². The molecule has 80 valence electrons. The Labute approximate surface area is 91.8 Å². The average Bonchev–Trinajstić information content (AvgIpc) is 2.01. The van der Waals surface area contributed by atoms with Crippen LogP contribution in [0.25, 0.3) is 0 Å². The van der Waals surface area contributed by atoms with Crippen LogP contribution >= 0.6 is 23.5 Å². The van der Waals surface area contributed by atoms with Gasteiger partial charge in [-0.15, -0.1) is 0 Å². The molecule has 0 aliphatic carbocycles. The molecule has 0 saturated heterocycles. The van der Waals surface area contributed by atoms with Crippen LogP contribution in [-0.2, 0) is 0 Å². The maximum absolute atomic E-state index is 3.45. The molecule has 0 aromatic rings. The highest BCUT2D eigenvalue weighted by molar-refractivity contribution is 8.00. The van der Waals surface area contributed by atoms with Crippen molar-refractivity contribution in [2.45, 2.75) is 38.2 Å². The number of hydrogen-bond acceptors (Lipinski definition) is 3. The Morgan fingerprint density at radius 2 is 1.23 bits per heavy atom. The van der Waals surface area contributed by atoms with Crippen molar-refractivity contribution in [3.05, 3.63) is 0 Å². The van der Waals surface area contributed by atoms with Gasteiger partial charge in [0.05, 0.1) is 0 Å². The summed E-state index contributed by atoms with van der Waals surface area (Å²) in [6.45, 7) is 11.3. The van der Waals surface area contributed by atoms with Crippen molar-refractivity contribution in [3.63, 3.8) is 0 Å². The van der Waals surface area contributed by atoms with Gasteiger partial charge in [0.15, 0.2) is 0 Å². The first-order valence-electron chi connectivity index (χ1n) is 5.07. The van der Waals surface area contributed by atoms with Crippen molar-refractivity contribution in [2.24, 2.45) is 0 Å². The molecule has 1 nitrogen and oxygen atoms in total. The second-order valence-electron chi connectivity index (χ2n) is 3.59. The van der Waals surface area contributed by atoms with Gasteiger partial charge in [-0.25, -0.2) is 0 Å². The van der Waals surface area contributed by atoms with Crippen molar-refractivity contribution in [2.75, 3.05) is 24.6 Å². The first-order valence-corrected chi connectivity index (χ1v) is 7.16. The Morgan fingerprint density at radius 3 is 1.54 bits per heavy atom. The van der Waals surface area contributed by atoms with Gasteiger partial charge in [-0.05, 0) is 10.5 Å². The predicted molar refractivity (Wildman–Crippen MR) is 68.1 cm³/mol. The monoisotopic (exact) mass is 221 g/mol. The topological polar surface area (TPSA) is 12.0 Å². The minimum Gasteiger partial charge on any atom is -0.315 e. The van der Waals surface area contributed by atoms with E-state index >= 15 is 0 Å². The Bertz CT molecular complexity index is 93.1. The zero-order valence-electron chi connectivity index (χ0n) is 9.30. The van der Waals surface area contributed by atoms with E-state index in [1.54, 1.807) is 0 Å². The summed E-state index contributed by atoms with van der Waals surface area (Å²) >= 11 is 4.05. The van der Waals surface area contributed by atoms with Gasteiger partial charge in [0.25, 0.3) is 0 Å². The molecule has 0 amide bonds. The SMILES string of the molecule is CC(C)SCCNCCSC(C)C. The molecular weight excluding hydrogens is 198 g/mol. The van der Waals surface area contributed by atoms with Gasteiger partial charge in [-0.2, -0.15) is 23.5 Å². The first kappa shape index (κ1) is 13.7. The molecular formula is C10H23NS2. The quantitative estimate of drug-likeness (QED) is 0.633. The van der Waals surface area contributed by atoms with Crippen LogP contribution in [0.1, 0.15) is 27.7 Å². The second kappa shape index (κ2) is 9.22. The molecule has 1 N–H and O–H groups in total. The lowest BCUT2D eigenvalue weighted by molar-refractivity contribution is 0.772. The van der Waals surface area contributed by atoms with E-state index in [2.05, 4.69) is 33.0 Å². The molecule has 0 radical (unpaired) electrons. The fourth-order valence-electron chi connectivity index (χ4n) is 0.859. The van der Waals surface area contributed by atoms with Crippen LogP contribution in [0.15, 0.2) is 0 Å². The van der Waals surface area contributed by atoms with E-state index in [1.807, 2.05) is 23.5 Å². The standard InChI is InChI=1S/C10H23NS2/c1-9(2)12-7-5-11-6-8-13-10(3)4/h9-11H,5-8H2,1-4H3. The van der Waals surface area contributed by atoms with Gasteiger partial charge in [-0.3, -0.25) is 0 Å². The smallest absolute Gasteiger partial charge is 0.00606 e. The Kier molecular flexibility index (Phi) is 9.69. The minimum absolute atomic E-state index is 0.770. The van der Waals surface area contributed by atoms with Crippen LogP contribution in [0.5, 0.6) is 0 Å². The summed E-state index contributed by atoms with van der Waals surface area (Å²) in [5.41, 5.74) is 0. The Hall–Kier alpha value is 0.660. The highest BCUT2D eigenvalue weighted by atomic mass is 32.2. The third-order valence-corrected chi connectivity index (χ3v) is 3.67. The molecule has 0 fully saturated rings. The molecule has 0 spiro atoms. The van der Waals surface area contributed by atoms with Crippen LogP contribution in [0, 0.1) is 0 Å². The van der Waals surface area contributed by atoms with Gasteiger partial charge in [0, 0.05) is 24.6 Å². The molecule has 0 unspecified atom stereocenters. The van der Waals surface area contributed by atoms with Crippen LogP contribution in [0.3, 0.4) is 0 Å². The third kappa shape index (κ3) is 12.7. The van der Waals surface area contributed by atoms with Crippen molar-refractivity contribution >= 4 is 23.5 Å². The van der Waals surface area contributed by atoms with E-state index in [1.165, 1.54) is 11.5 Å². The molecule has 0 atom stereocenters. The zero-order valence-corrected chi connectivity index (χ0v) is 10.9. The fraction of sp³-hybridized carbons (Fsp3) is 1.00. The molecule has 13 heavy (non-hydrogen) atoms. The summed E-state index contributed by atoms with van der Waals surface area (Å²) in [4.78, 5) is 0. The van der Waals surface area contributed by atoms with Gasteiger partial charge in [0.1, 0.15) is 0 Å². The summed E-state index contributed by atoms with van der Waals surface area (Å²) in [6, 6.07) is 0. The largest absolute Gasteiger partial charge is 0.315 e. The van der Waals surface area contributed by atoms with Crippen molar-refractivity contribution < 1.29 is 0 Å². The number of rotatable bonds is 8. The predicted octanol–water partition coefficient (Wildman–Crippen LogP) is 2.86. The molecule has 0 aliphatic heterocycles. The Balaban J connectivity index is 2.92. The number of thioether (sulfide) groups is 2. The normalized spacial score (nSPS) is 11.5. The maximum Gasteiger partial charge on any atom is 0.00606 e. The van der Waals surface area contributed by atoms with Gasteiger partial charge in [0.2, 0.25) is 0 Å². The molecule has 0 rings (SSSR count). The van der Waals surface area contributed by atoms with E-state index < -0.39 is 0 Å². The Morgan fingerprint density at radius 1 is 0.846 bits per heavy atom.